The Morgan fingerprint density at radius 1 is 1.14 bits per heavy atom. The molecule has 5 atom stereocenters. The second-order valence-corrected chi connectivity index (χ2v) is 11.6. The Bertz CT molecular complexity index is 755. The van der Waals surface area contributed by atoms with Gasteiger partial charge in [-0.15, -0.1) is 0 Å². The second kappa shape index (κ2) is 6.85. The van der Waals surface area contributed by atoms with Crippen LogP contribution in [-0.2, 0) is 9.59 Å². The molecule has 162 valence electrons. The number of hydrogen-bond acceptors (Lipinski definition) is 2. The van der Waals surface area contributed by atoms with Crippen LogP contribution in [0.5, 0.6) is 0 Å². The van der Waals surface area contributed by atoms with E-state index < -0.39 is 11.4 Å². The normalized spacial score (nSPS) is 42.0. The summed E-state index contributed by atoms with van der Waals surface area (Å²) in [4.78, 5) is 27.8. The predicted octanol–water partition coefficient (Wildman–Crippen LogP) is 5.28. The van der Waals surface area contributed by atoms with Crippen LogP contribution in [-0.4, -0.2) is 35.0 Å². The van der Waals surface area contributed by atoms with Crippen LogP contribution in [0.2, 0.25) is 0 Å². The van der Waals surface area contributed by atoms with E-state index in [1.807, 2.05) is 6.92 Å². The topological polar surface area (TPSA) is 57.6 Å². The molecule has 1 heterocycles. The number of fused-ring (bicyclic) bond motifs is 4. The molecule has 0 bridgehead atoms. The van der Waals surface area contributed by atoms with Gasteiger partial charge in [-0.2, -0.15) is 0 Å². The van der Waals surface area contributed by atoms with Crippen molar-refractivity contribution >= 4 is 11.9 Å². The maximum atomic E-state index is 13.5. The third kappa shape index (κ3) is 2.91. The summed E-state index contributed by atoms with van der Waals surface area (Å²) in [6, 6.07) is 0. The Hall–Kier alpha value is -1.32. The van der Waals surface area contributed by atoms with Gasteiger partial charge in [-0.25, -0.2) is 0 Å². The standard InChI is InChI=1S/C25H39NO3/c1-16(2)10-14-26-15-17-7-8-18-23(3)11-6-12-25(5,22(28)29)19(23)9-13-24(18,4)20(17)21(26)27/h16,18-19H,6-15H2,1-5H3,(H,28,29)/t18-,19-,23-,24-,25+/m1/s1. The summed E-state index contributed by atoms with van der Waals surface area (Å²) in [5.41, 5.74) is 1.82. The molecular formula is C25H39NO3. The zero-order chi connectivity index (χ0) is 21.2. The largest absolute Gasteiger partial charge is 0.481 e. The van der Waals surface area contributed by atoms with E-state index in [-0.39, 0.29) is 22.7 Å². The van der Waals surface area contributed by atoms with E-state index in [2.05, 4.69) is 32.6 Å². The summed E-state index contributed by atoms with van der Waals surface area (Å²) in [5, 5.41) is 10.1. The summed E-state index contributed by atoms with van der Waals surface area (Å²) in [6.07, 6.45) is 7.98. The average molecular weight is 402 g/mol. The first-order chi connectivity index (χ1) is 13.5. The number of aliphatic carboxylic acids is 1. The van der Waals surface area contributed by atoms with Gasteiger partial charge in [-0.1, -0.05) is 34.1 Å². The fourth-order valence-corrected chi connectivity index (χ4v) is 7.98. The number of carbonyl (C=O) groups is 2. The van der Waals surface area contributed by atoms with Crippen LogP contribution in [0.3, 0.4) is 0 Å². The van der Waals surface area contributed by atoms with Gasteiger partial charge in [0.25, 0.3) is 5.91 Å². The Morgan fingerprint density at radius 2 is 1.86 bits per heavy atom. The van der Waals surface area contributed by atoms with Crippen LogP contribution in [0.25, 0.3) is 0 Å². The minimum atomic E-state index is -0.621. The third-order valence-electron chi connectivity index (χ3n) is 9.50. The molecule has 0 spiro atoms. The first-order valence-corrected chi connectivity index (χ1v) is 11.8. The molecule has 2 saturated carbocycles. The summed E-state index contributed by atoms with van der Waals surface area (Å²) in [5.74, 6) is 0.904. The van der Waals surface area contributed by atoms with Crippen molar-refractivity contribution in [3.05, 3.63) is 11.1 Å². The summed E-state index contributed by atoms with van der Waals surface area (Å²) >= 11 is 0. The lowest BCUT2D eigenvalue weighted by Crippen LogP contribution is -2.59. The fourth-order valence-electron chi connectivity index (χ4n) is 7.98. The van der Waals surface area contributed by atoms with Gasteiger partial charge in [0.1, 0.15) is 0 Å². The van der Waals surface area contributed by atoms with Gasteiger partial charge in [0.2, 0.25) is 0 Å². The highest BCUT2D eigenvalue weighted by atomic mass is 16.4. The number of carboxylic acid groups (broad SMARTS) is 1. The van der Waals surface area contributed by atoms with Crippen molar-refractivity contribution in [3.8, 4) is 0 Å². The zero-order valence-electron chi connectivity index (χ0n) is 19.0. The number of carboxylic acids is 1. The van der Waals surface area contributed by atoms with Gasteiger partial charge in [0.05, 0.1) is 5.41 Å². The molecule has 4 rings (SSSR count). The van der Waals surface area contributed by atoms with E-state index in [4.69, 9.17) is 0 Å². The Morgan fingerprint density at radius 3 is 2.52 bits per heavy atom. The van der Waals surface area contributed by atoms with Crippen LogP contribution < -0.4 is 0 Å². The minimum absolute atomic E-state index is 0.0164. The molecule has 1 amide bonds. The van der Waals surface area contributed by atoms with Crippen molar-refractivity contribution in [2.45, 2.75) is 86.0 Å². The van der Waals surface area contributed by atoms with Crippen molar-refractivity contribution in [3.63, 3.8) is 0 Å². The molecule has 0 unspecified atom stereocenters. The van der Waals surface area contributed by atoms with Crippen molar-refractivity contribution < 1.29 is 14.7 Å². The second-order valence-electron chi connectivity index (χ2n) is 11.6. The Labute approximate surface area is 176 Å². The highest BCUT2D eigenvalue weighted by molar-refractivity contribution is 5.98. The number of carbonyl (C=O) groups excluding carboxylic acids is 1. The smallest absolute Gasteiger partial charge is 0.309 e. The number of hydrogen-bond donors (Lipinski definition) is 1. The lowest BCUT2D eigenvalue weighted by atomic mass is 9.40. The molecule has 1 N–H and O–H groups in total. The van der Waals surface area contributed by atoms with Crippen molar-refractivity contribution in [1.29, 1.82) is 0 Å². The first kappa shape index (κ1) is 20.9. The van der Waals surface area contributed by atoms with Gasteiger partial charge >= 0.3 is 5.97 Å². The van der Waals surface area contributed by atoms with Gasteiger partial charge in [-0.05, 0) is 80.6 Å². The van der Waals surface area contributed by atoms with Crippen LogP contribution in [0.1, 0.15) is 86.0 Å². The molecule has 29 heavy (non-hydrogen) atoms. The lowest BCUT2D eigenvalue weighted by molar-refractivity contribution is -0.175. The van der Waals surface area contributed by atoms with Gasteiger partial charge in [0, 0.05) is 24.1 Å². The Balaban J connectivity index is 1.66. The maximum absolute atomic E-state index is 13.5. The van der Waals surface area contributed by atoms with E-state index in [1.54, 1.807) is 0 Å². The number of nitrogens with zero attached hydrogens (tertiary/aromatic N) is 1. The summed E-state index contributed by atoms with van der Waals surface area (Å²) < 4.78 is 0. The predicted molar refractivity (Wildman–Crippen MR) is 114 cm³/mol. The molecule has 0 aromatic heterocycles. The van der Waals surface area contributed by atoms with Crippen molar-refractivity contribution in [2.75, 3.05) is 13.1 Å². The fraction of sp³-hybridized carbons (Fsp3) is 0.840. The van der Waals surface area contributed by atoms with Gasteiger partial charge in [-0.3, -0.25) is 9.59 Å². The lowest BCUT2D eigenvalue weighted by Gasteiger charge is -2.63. The third-order valence-corrected chi connectivity index (χ3v) is 9.50. The van der Waals surface area contributed by atoms with Gasteiger partial charge in [0.15, 0.2) is 0 Å². The van der Waals surface area contributed by atoms with Crippen LogP contribution in [0.15, 0.2) is 11.1 Å². The molecular weight excluding hydrogens is 362 g/mol. The molecule has 0 aromatic carbocycles. The average Bonchev–Trinajstić information content (AvgIpc) is 2.96. The van der Waals surface area contributed by atoms with Crippen LogP contribution in [0, 0.1) is 34.0 Å². The van der Waals surface area contributed by atoms with E-state index >= 15 is 0 Å². The highest BCUT2D eigenvalue weighted by Crippen LogP contribution is 2.69. The molecule has 1 aliphatic heterocycles. The molecule has 0 radical (unpaired) electrons. The minimum Gasteiger partial charge on any atom is -0.481 e. The highest BCUT2D eigenvalue weighted by Gasteiger charge is 2.64. The quantitative estimate of drug-likeness (QED) is 0.697. The van der Waals surface area contributed by atoms with Crippen molar-refractivity contribution in [2.24, 2.45) is 34.0 Å². The van der Waals surface area contributed by atoms with E-state index in [0.29, 0.717) is 11.8 Å². The maximum Gasteiger partial charge on any atom is 0.309 e. The molecule has 3 aliphatic carbocycles. The Kier molecular flexibility index (Phi) is 4.94. The molecule has 4 nitrogen and oxygen atoms in total. The first-order valence-electron chi connectivity index (χ1n) is 11.8. The van der Waals surface area contributed by atoms with Crippen LogP contribution in [0.4, 0.5) is 0 Å². The molecule has 0 aromatic rings. The molecule has 0 saturated heterocycles. The van der Waals surface area contributed by atoms with E-state index in [9.17, 15) is 14.7 Å². The summed E-state index contributed by atoms with van der Waals surface area (Å²) in [6.45, 7) is 12.8. The van der Waals surface area contributed by atoms with Crippen molar-refractivity contribution in [1.82, 2.24) is 4.90 Å². The number of rotatable bonds is 4. The summed E-state index contributed by atoms with van der Waals surface area (Å²) in [7, 11) is 0. The zero-order valence-corrected chi connectivity index (χ0v) is 19.0. The van der Waals surface area contributed by atoms with E-state index in [1.165, 1.54) is 5.57 Å². The van der Waals surface area contributed by atoms with E-state index in [0.717, 1.165) is 70.0 Å². The molecule has 4 aliphatic rings. The number of amides is 1. The SMILES string of the molecule is CC(C)CCN1CC2=C(C1=O)[C@]1(C)CC[C@@H]3[C@](C)(CCC[C@]3(C)C(=O)O)[C@H]1CC2. The van der Waals surface area contributed by atoms with Gasteiger partial charge < -0.3 is 10.0 Å². The molecule has 4 heteroatoms. The molecule has 2 fully saturated rings. The van der Waals surface area contributed by atoms with Crippen LogP contribution >= 0.6 is 0 Å². The monoisotopic (exact) mass is 401 g/mol.